The molecule has 1 aromatic carbocycles. The molecular formula is C19H28N4O2S. The Kier molecular flexibility index (Phi) is 8.21. The standard InChI is InChI=1S/C19H28N4O2S/c1-14-13-26-18(23-14)7-5-6-10-21-19(20-2)22-12-15-8-9-16(24-3)17(11-15)25-4/h8-9,11,13H,5-7,10,12H2,1-4H3,(H2,20,21,22). The van der Waals surface area contributed by atoms with Crippen molar-refractivity contribution < 1.29 is 9.47 Å². The lowest BCUT2D eigenvalue weighted by atomic mass is 10.2. The van der Waals surface area contributed by atoms with Gasteiger partial charge in [-0.05, 0) is 43.9 Å². The first-order chi connectivity index (χ1) is 12.7. The van der Waals surface area contributed by atoms with Crippen LogP contribution in [0.4, 0.5) is 0 Å². The Balaban J connectivity index is 1.70. The van der Waals surface area contributed by atoms with Gasteiger partial charge in [-0.1, -0.05) is 6.07 Å². The molecule has 1 aromatic heterocycles. The van der Waals surface area contributed by atoms with Gasteiger partial charge in [0.1, 0.15) is 0 Å². The Morgan fingerprint density at radius 1 is 1.15 bits per heavy atom. The predicted molar refractivity (Wildman–Crippen MR) is 108 cm³/mol. The zero-order valence-corrected chi connectivity index (χ0v) is 16.8. The molecule has 1 heterocycles. The van der Waals surface area contributed by atoms with E-state index >= 15 is 0 Å². The van der Waals surface area contributed by atoms with E-state index in [1.165, 1.54) is 5.01 Å². The number of ether oxygens (including phenoxy) is 2. The largest absolute Gasteiger partial charge is 0.493 e. The summed E-state index contributed by atoms with van der Waals surface area (Å²) >= 11 is 1.74. The van der Waals surface area contributed by atoms with Gasteiger partial charge in [0, 0.05) is 31.2 Å². The third kappa shape index (κ3) is 6.22. The summed E-state index contributed by atoms with van der Waals surface area (Å²) in [6.45, 7) is 3.59. The number of unbranched alkanes of at least 4 members (excludes halogenated alkanes) is 1. The molecule has 0 radical (unpaired) electrons. The SMILES string of the molecule is CN=C(NCCCCc1nc(C)cs1)NCc1ccc(OC)c(OC)c1. The van der Waals surface area contributed by atoms with Crippen molar-refractivity contribution in [3.63, 3.8) is 0 Å². The van der Waals surface area contributed by atoms with Crippen LogP contribution in [0.25, 0.3) is 0 Å². The molecular weight excluding hydrogens is 348 g/mol. The molecule has 142 valence electrons. The fourth-order valence-corrected chi connectivity index (χ4v) is 3.34. The van der Waals surface area contributed by atoms with Crippen LogP contribution in [0.5, 0.6) is 11.5 Å². The molecule has 0 aliphatic rings. The summed E-state index contributed by atoms with van der Waals surface area (Å²) in [7, 11) is 5.06. The van der Waals surface area contributed by atoms with E-state index in [1.807, 2.05) is 25.1 Å². The Labute approximate surface area is 159 Å². The highest BCUT2D eigenvalue weighted by Crippen LogP contribution is 2.27. The van der Waals surface area contributed by atoms with Crippen LogP contribution in [0.15, 0.2) is 28.6 Å². The second kappa shape index (κ2) is 10.7. The Morgan fingerprint density at radius 2 is 1.96 bits per heavy atom. The minimum absolute atomic E-state index is 0.665. The van der Waals surface area contributed by atoms with Crippen LogP contribution in [-0.4, -0.2) is 38.8 Å². The molecule has 6 nitrogen and oxygen atoms in total. The Bertz CT molecular complexity index is 715. The molecule has 2 aromatic rings. The van der Waals surface area contributed by atoms with E-state index in [0.29, 0.717) is 6.54 Å². The molecule has 0 aliphatic heterocycles. The maximum absolute atomic E-state index is 5.34. The number of nitrogens with one attached hydrogen (secondary N) is 2. The molecule has 0 atom stereocenters. The molecule has 26 heavy (non-hydrogen) atoms. The van der Waals surface area contributed by atoms with E-state index in [0.717, 1.165) is 54.5 Å². The maximum Gasteiger partial charge on any atom is 0.191 e. The number of hydrogen-bond donors (Lipinski definition) is 2. The number of benzene rings is 1. The van der Waals surface area contributed by atoms with Crippen LogP contribution in [0, 0.1) is 6.92 Å². The molecule has 7 heteroatoms. The molecule has 0 bridgehead atoms. The van der Waals surface area contributed by atoms with Gasteiger partial charge in [0.2, 0.25) is 0 Å². The summed E-state index contributed by atoms with van der Waals surface area (Å²) in [5.74, 6) is 2.26. The number of aromatic nitrogens is 1. The zero-order chi connectivity index (χ0) is 18.8. The quantitative estimate of drug-likeness (QED) is 0.400. The van der Waals surface area contributed by atoms with Gasteiger partial charge in [-0.25, -0.2) is 4.98 Å². The highest BCUT2D eigenvalue weighted by molar-refractivity contribution is 7.09. The molecule has 0 saturated heterocycles. The number of rotatable bonds is 9. The lowest BCUT2D eigenvalue weighted by Gasteiger charge is -2.13. The van der Waals surface area contributed by atoms with Gasteiger partial charge in [-0.3, -0.25) is 4.99 Å². The van der Waals surface area contributed by atoms with Crippen molar-refractivity contribution in [1.29, 1.82) is 0 Å². The monoisotopic (exact) mass is 376 g/mol. The number of aryl methyl sites for hydroxylation is 2. The highest BCUT2D eigenvalue weighted by atomic mass is 32.1. The van der Waals surface area contributed by atoms with Gasteiger partial charge in [-0.15, -0.1) is 11.3 Å². The molecule has 0 spiro atoms. The van der Waals surface area contributed by atoms with Crippen molar-refractivity contribution in [2.75, 3.05) is 27.8 Å². The van der Waals surface area contributed by atoms with Crippen LogP contribution in [0.3, 0.4) is 0 Å². The van der Waals surface area contributed by atoms with Crippen molar-refractivity contribution in [2.45, 2.75) is 32.7 Å². The number of guanidine groups is 1. The van der Waals surface area contributed by atoms with Crippen LogP contribution >= 0.6 is 11.3 Å². The van der Waals surface area contributed by atoms with Crippen LogP contribution in [0.1, 0.15) is 29.1 Å². The van der Waals surface area contributed by atoms with E-state index in [4.69, 9.17) is 9.47 Å². The third-order valence-electron chi connectivity index (χ3n) is 3.91. The van der Waals surface area contributed by atoms with Gasteiger partial charge >= 0.3 is 0 Å². The van der Waals surface area contributed by atoms with Crippen molar-refractivity contribution in [3.05, 3.63) is 39.8 Å². The fraction of sp³-hybridized carbons (Fsp3) is 0.474. The average molecular weight is 377 g/mol. The van der Waals surface area contributed by atoms with Gasteiger partial charge in [0.05, 0.1) is 19.2 Å². The Morgan fingerprint density at radius 3 is 2.62 bits per heavy atom. The lowest BCUT2D eigenvalue weighted by molar-refractivity contribution is 0.354. The van der Waals surface area contributed by atoms with Gasteiger partial charge in [-0.2, -0.15) is 0 Å². The van der Waals surface area contributed by atoms with Crippen LogP contribution in [0.2, 0.25) is 0 Å². The zero-order valence-electron chi connectivity index (χ0n) is 16.0. The topological polar surface area (TPSA) is 67.8 Å². The maximum atomic E-state index is 5.34. The number of aliphatic imine (C=N–C) groups is 1. The smallest absolute Gasteiger partial charge is 0.191 e. The highest BCUT2D eigenvalue weighted by Gasteiger charge is 2.05. The van der Waals surface area contributed by atoms with Gasteiger partial charge < -0.3 is 20.1 Å². The molecule has 0 saturated carbocycles. The van der Waals surface area contributed by atoms with E-state index in [2.05, 4.69) is 26.0 Å². The van der Waals surface area contributed by atoms with E-state index in [9.17, 15) is 0 Å². The van der Waals surface area contributed by atoms with E-state index in [1.54, 1.807) is 32.6 Å². The average Bonchev–Trinajstić information content (AvgIpc) is 3.08. The number of thiazole rings is 1. The predicted octanol–water partition coefficient (Wildman–Crippen LogP) is 3.16. The van der Waals surface area contributed by atoms with E-state index in [-0.39, 0.29) is 0 Å². The Hall–Kier alpha value is -2.28. The minimum Gasteiger partial charge on any atom is -0.493 e. The number of methoxy groups -OCH3 is 2. The van der Waals surface area contributed by atoms with E-state index < -0.39 is 0 Å². The molecule has 0 amide bonds. The first-order valence-corrected chi connectivity index (χ1v) is 9.60. The van der Waals surface area contributed by atoms with Crippen LogP contribution < -0.4 is 20.1 Å². The molecule has 0 unspecified atom stereocenters. The van der Waals surface area contributed by atoms with Crippen molar-refractivity contribution in [2.24, 2.45) is 4.99 Å². The van der Waals surface area contributed by atoms with Crippen molar-refractivity contribution in [3.8, 4) is 11.5 Å². The summed E-state index contributed by atoms with van der Waals surface area (Å²) < 4.78 is 10.6. The number of nitrogens with zero attached hydrogens (tertiary/aromatic N) is 2. The normalized spacial score (nSPS) is 11.3. The van der Waals surface area contributed by atoms with Crippen LogP contribution in [-0.2, 0) is 13.0 Å². The third-order valence-corrected chi connectivity index (χ3v) is 4.93. The first-order valence-electron chi connectivity index (χ1n) is 8.72. The first kappa shape index (κ1) is 20.0. The van der Waals surface area contributed by atoms with Gasteiger partial charge in [0.15, 0.2) is 17.5 Å². The fourth-order valence-electron chi connectivity index (χ4n) is 2.52. The summed E-state index contributed by atoms with van der Waals surface area (Å²) in [5.41, 5.74) is 2.22. The van der Waals surface area contributed by atoms with Gasteiger partial charge in [0.25, 0.3) is 0 Å². The van der Waals surface area contributed by atoms with Crippen molar-refractivity contribution in [1.82, 2.24) is 15.6 Å². The molecule has 0 aliphatic carbocycles. The summed E-state index contributed by atoms with van der Waals surface area (Å²) in [6, 6.07) is 5.89. The van der Waals surface area contributed by atoms with Crippen molar-refractivity contribution >= 4 is 17.3 Å². The number of hydrogen-bond acceptors (Lipinski definition) is 5. The molecule has 2 N–H and O–H groups in total. The summed E-state index contributed by atoms with van der Waals surface area (Å²) in [5, 5.41) is 9.99. The minimum atomic E-state index is 0.665. The summed E-state index contributed by atoms with van der Waals surface area (Å²) in [4.78, 5) is 8.76. The lowest BCUT2D eigenvalue weighted by Crippen LogP contribution is -2.37. The molecule has 2 rings (SSSR count). The second-order valence-corrected chi connectivity index (χ2v) is 6.82. The second-order valence-electron chi connectivity index (χ2n) is 5.88. The molecule has 0 fully saturated rings. The summed E-state index contributed by atoms with van der Waals surface area (Å²) in [6.07, 6.45) is 3.24.